The van der Waals surface area contributed by atoms with E-state index in [0.29, 0.717) is 12.2 Å². The van der Waals surface area contributed by atoms with Crippen molar-refractivity contribution in [3.05, 3.63) is 24.3 Å². The van der Waals surface area contributed by atoms with Gasteiger partial charge in [-0.05, 0) is 19.4 Å². The Labute approximate surface area is 83.1 Å². The predicted octanol–water partition coefficient (Wildman–Crippen LogP) is 2.40. The first kappa shape index (κ1) is 10.5. The Hall–Kier alpha value is -1.56. The second kappa shape index (κ2) is 4.10. The van der Waals surface area contributed by atoms with Crippen LogP contribution in [-0.4, -0.2) is 10.6 Å². The molecule has 0 saturated carbocycles. The lowest BCUT2D eigenvalue weighted by Gasteiger charge is -2.23. The molecule has 0 fully saturated rings. The standard InChI is InChI=1S/C11H12FNO/c1-4-11(3,5-2)14-9-6-7-13-10(12)8-9/h1,6-8H,5H2,2-3H3. The monoisotopic (exact) mass is 193 g/mol. The van der Waals surface area contributed by atoms with Crippen molar-refractivity contribution in [2.45, 2.75) is 25.9 Å². The minimum Gasteiger partial charge on any atom is -0.475 e. The van der Waals surface area contributed by atoms with Crippen LogP contribution in [0.5, 0.6) is 5.75 Å². The Bertz CT molecular complexity index is 359. The molecule has 0 aliphatic heterocycles. The number of terminal acetylenes is 1. The van der Waals surface area contributed by atoms with E-state index < -0.39 is 11.5 Å². The highest BCUT2D eigenvalue weighted by Gasteiger charge is 2.20. The summed E-state index contributed by atoms with van der Waals surface area (Å²) >= 11 is 0. The summed E-state index contributed by atoms with van der Waals surface area (Å²) in [4.78, 5) is 3.42. The third-order valence-corrected chi connectivity index (χ3v) is 2.02. The van der Waals surface area contributed by atoms with E-state index in [1.165, 1.54) is 12.3 Å². The highest BCUT2D eigenvalue weighted by molar-refractivity contribution is 5.21. The number of hydrogen-bond donors (Lipinski definition) is 0. The molecule has 1 atom stereocenters. The zero-order chi connectivity index (χ0) is 10.6. The lowest BCUT2D eigenvalue weighted by molar-refractivity contribution is 0.146. The molecular weight excluding hydrogens is 181 g/mol. The van der Waals surface area contributed by atoms with E-state index in [-0.39, 0.29) is 0 Å². The van der Waals surface area contributed by atoms with Crippen LogP contribution in [0.15, 0.2) is 18.3 Å². The van der Waals surface area contributed by atoms with Gasteiger partial charge in [-0.25, -0.2) is 4.98 Å². The smallest absolute Gasteiger partial charge is 0.216 e. The van der Waals surface area contributed by atoms with E-state index in [4.69, 9.17) is 11.2 Å². The van der Waals surface area contributed by atoms with Gasteiger partial charge in [0.1, 0.15) is 5.75 Å². The summed E-state index contributed by atoms with van der Waals surface area (Å²) in [7, 11) is 0. The molecule has 0 aliphatic carbocycles. The number of nitrogens with zero attached hydrogens (tertiary/aromatic N) is 1. The van der Waals surface area contributed by atoms with Crippen molar-refractivity contribution in [1.82, 2.24) is 4.98 Å². The molecule has 1 aromatic heterocycles. The van der Waals surface area contributed by atoms with E-state index in [1.54, 1.807) is 13.0 Å². The number of rotatable bonds is 3. The average molecular weight is 193 g/mol. The molecule has 1 aromatic rings. The molecule has 0 amide bonds. The zero-order valence-corrected chi connectivity index (χ0v) is 8.25. The summed E-state index contributed by atoms with van der Waals surface area (Å²) in [5.41, 5.74) is -0.687. The van der Waals surface area contributed by atoms with Crippen LogP contribution in [0.25, 0.3) is 0 Å². The molecule has 14 heavy (non-hydrogen) atoms. The van der Waals surface area contributed by atoms with Gasteiger partial charge >= 0.3 is 0 Å². The topological polar surface area (TPSA) is 22.1 Å². The van der Waals surface area contributed by atoms with Crippen LogP contribution in [0.1, 0.15) is 20.3 Å². The van der Waals surface area contributed by atoms with Crippen LogP contribution in [-0.2, 0) is 0 Å². The van der Waals surface area contributed by atoms with E-state index >= 15 is 0 Å². The fraction of sp³-hybridized carbons (Fsp3) is 0.364. The minimum atomic E-state index is -0.687. The Balaban J connectivity index is 2.84. The summed E-state index contributed by atoms with van der Waals surface area (Å²) in [5.74, 6) is 2.36. The Morgan fingerprint density at radius 2 is 2.43 bits per heavy atom. The second-order valence-corrected chi connectivity index (χ2v) is 3.15. The summed E-state index contributed by atoms with van der Waals surface area (Å²) in [6.45, 7) is 3.70. The predicted molar refractivity (Wildman–Crippen MR) is 52.4 cm³/mol. The van der Waals surface area contributed by atoms with Crippen LogP contribution < -0.4 is 4.74 Å². The van der Waals surface area contributed by atoms with Crippen LogP contribution in [0.3, 0.4) is 0 Å². The maximum absolute atomic E-state index is 12.7. The lowest BCUT2D eigenvalue weighted by atomic mass is 10.1. The third-order valence-electron chi connectivity index (χ3n) is 2.02. The van der Waals surface area contributed by atoms with Gasteiger partial charge in [-0.2, -0.15) is 4.39 Å². The molecule has 1 unspecified atom stereocenters. The van der Waals surface area contributed by atoms with Crippen molar-refractivity contribution in [2.75, 3.05) is 0 Å². The van der Waals surface area contributed by atoms with E-state index in [1.807, 2.05) is 6.92 Å². The van der Waals surface area contributed by atoms with Crippen LogP contribution in [0.4, 0.5) is 4.39 Å². The summed E-state index contributed by atoms with van der Waals surface area (Å²) in [6.07, 6.45) is 7.32. The maximum atomic E-state index is 12.7. The van der Waals surface area contributed by atoms with Gasteiger partial charge in [0, 0.05) is 12.3 Å². The zero-order valence-electron chi connectivity index (χ0n) is 8.25. The van der Waals surface area contributed by atoms with Gasteiger partial charge in [0.25, 0.3) is 0 Å². The molecule has 0 spiro atoms. The first-order valence-corrected chi connectivity index (χ1v) is 4.38. The van der Waals surface area contributed by atoms with Gasteiger partial charge < -0.3 is 4.74 Å². The van der Waals surface area contributed by atoms with Crippen molar-refractivity contribution in [2.24, 2.45) is 0 Å². The van der Waals surface area contributed by atoms with E-state index in [2.05, 4.69) is 10.9 Å². The Morgan fingerprint density at radius 1 is 1.71 bits per heavy atom. The van der Waals surface area contributed by atoms with Gasteiger partial charge in [0.2, 0.25) is 5.95 Å². The molecule has 0 N–H and O–H groups in total. The largest absolute Gasteiger partial charge is 0.475 e. The quantitative estimate of drug-likeness (QED) is 0.543. The molecule has 2 nitrogen and oxygen atoms in total. The highest BCUT2D eigenvalue weighted by Crippen LogP contribution is 2.20. The van der Waals surface area contributed by atoms with Crippen molar-refractivity contribution < 1.29 is 9.13 Å². The molecule has 1 heterocycles. The molecule has 0 saturated heterocycles. The van der Waals surface area contributed by atoms with Gasteiger partial charge in [-0.15, -0.1) is 6.42 Å². The molecule has 0 bridgehead atoms. The van der Waals surface area contributed by atoms with Crippen molar-refractivity contribution in [3.63, 3.8) is 0 Å². The highest BCUT2D eigenvalue weighted by atomic mass is 19.1. The molecular formula is C11H12FNO. The van der Waals surface area contributed by atoms with Crippen LogP contribution >= 0.6 is 0 Å². The molecule has 0 aromatic carbocycles. The minimum absolute atomic E-state index is 0.403. The van der Waals surface area contributed by atoms with Crippen LogP contribution in [0, 0.1) is 18.3 Å². The third kappa shape index (κ3) is 2.46. The van der Waals surface area contributed by atoms with Gasteiger partial charge in [0.05, 0.1) is 0 Å². The van der Waals surface area contributed by atoms with E-state index in [9.17, 15) is 4.39 Å². The SMILES string of the molecule is C#CC(C)(CC)Oc1ccnc(F)c1. The summed E-state index contributed by atoms with van der Waals surface area (Å²) in [5, 5.41) is 0. The molecule has 74 valence electrons. The fourth-order valence-electron chi connectivity index (χ4n) is 0.912. The second-order valence-electron chi connectivity index (χ2n) is 3.15. The van der Waals surface area contributed by atoms with Gasteiger partial charge in [-0.1, -0.05) is 12.8 Å². The lowest BCUT2D eigenvalue weighted by Crippen LogP contribution is -2.29. The summed E-state index contributed by atoms with van der Waals surface area (Å²) in [6, 6.07) is 2.79. The van der Waals surface area contributed by atoms with E-state index in [0.717, 1.165) is 0 Å². The van der Waals surface area contributed by atoms with Gasteiger partial charge in [-0.3, -0.25) is 0 Å². The Morgan fingerprint density at radius 3 is 2.93 bits per heavy atom. The maximum Gasteiger partial charge on any atom is 0.216 e. The first-order valence-electron chi connectivity index (χ1n) is 4.38. The number of halogens is 1. The van der Waals surface area contributed by atoms with Crippen LogP contribution in [0.2, 0.25) is 0 Å². The molecule has 0 radical (unpaired) electrons. The first-order chi connectivity index (χ1) is 6.59. The Kier molecular flexibility index (Phi) is 3.08. The van der Waals surface area contributed by atoms with Crippen molar-refractivity contribution in [3.8, 4) is 18.1 Å². The number of pyridine rings is 1. The average Bonchev–Trinajstić information content (AvgIpc) is 2.18. The van der Waals surface area contributed by atoms with Gasteiger partial charge in [0.15, 0.2) is 5.60 Å². The molecule has 0 aliphatic rings. The molecule has 1 rings (SSSR count). The molecule has 3 heteroatoms. The number of hydrogen-bond acceptors (Lipinski definition) is 2. The van der Waals surface area contributed by atoms with Crippen molar-refractivity contribution in [1.29, 1.82) is 0 Å². The fourth-order valence-corrected chi connectivity index (χ4v) is 0.912. The number of aromatic nitrogens is 1. The summed E-state index contributed by atoms with van der Waals surface area (Å²) < 4.78 is 18.2. The normalized spacial score (nSPS) is 14.1. The van der Waals surface area contributed by atoms with Crippen molar-refractivity contribution >= 4 is 0 Å². The number of ether oxygens (including phenoxy) is 1.